The molecule has 1 atom stereocenters. The number of ether oxygens (including phenoxy) is 2. The third kappa shape index (κ3) is 4.82. The number of rotatable bonds is 8. The van der Waals surface area contributed by atoms with Gasteiger partial charge in [0.15, 0.2) is 11.5 Å². The van der Waals surface area contributed by atoms with E-state index in [-0.39, 0.29) is 17.9 Å². The first kappa shape index (κ1) is 21.4. The predicted octanol–water partition coefficient (Wildman–Crippen LogP) is 3.83. The molecule has 6 nitrogen and oxygen atoms in total. The number of amides is 2. The number of likely N-dealkylation sites (tertiary alicyclic amines) is 1. The Morgan fingerprint density at radius 1 is 1.20 bits per heavy atom. The third-order valence-corrected chi connectivity index (χ3v) is 5.20. The fraction of sp³-hybridized carbons (Fsp3) is 0.333. The second kappa shape index (κ2) is 9.96. The SMILES string of the molecule is C/C=C/c1cc(C(=O)N[C@H](CN2CCCC2=O)c2ccccc2)cc(OC)c1OC. The molecule has 1 aliphatic heterocycles. The molecule has 2 aromatic carbocycles. The van der Waals surface area contributed by atoms with Crippen molar-refractivity contribution < 1.29 is 19.1 Å². The maximum absolute atomic E-state index is 13.2. The minimum absolute atomic E-state index is 0.131. The summed E-state index contributed by atoms with van der Waals surface area (Å²) in [7, 11) is 3.12. The van der Waals surface area contributed by atoms with Crippen molar-refractivity contribution >= 4 is 17.9 Å². The van der Waals surface area contributed by atoms with Crippen molar-refractivity contribution in [1.82, 2.24) is 10.2 Å². The van der Waals surface area contributed by atoms with Crippen LogP contribution in [0.3, 0.4) is 0 Å². The standard InChI is InChI=1S/C24H28N2O4/c1-4-9-18-14-19(15-21(29-2)23(18)30-3)24(28)25-20(17-10-6-5-7-11-17)16-26-13-8-12-22(26)27/h4-7,9-11,14-15,20H,8,12-13,16H2,1-3H3,(H,25,28)/b9-4+/t20-/m1/s1. The summed E-state index contributed by atoms with van der Waals surface area (Å²) in [6, 6.07) is 12.9. The molecule has 1 aliphatic rings. The van der Waals surface area contributed by atoms with Crippen LogP contribution in [0.4, 0.5) is 0 Å². The van der Waals surface area contributed by atoms with Crippen molar-refractivity contribution in [2.24, 2.45) is 0 Å². The highest BCUT2D eigenvalue weighted by Crippen LogP contribution is 2.34. The summed E-state index contributed by atoms with van der Waals surface area (Å²) in [5.41, 5.74) is 2.18. The Hall–Kier alpha value is -3.28. The number of allylic oxidation sites excluding steroid dienone is 1. The molecule has 0 spiro atoms. The Bertz CT molecular complexity index is 924. The Labute approximate surface area is 177 Å². The molecule has 1 N–H and O–H groups in total. The summed E-state index contributed by atoms with van der Waals surface area (Å²) in [5, 5.41) is 3.10. The molecule has 3 rings (SSSR count). The average Bonchev–Trinajstić information content (AvgIpc) is 3.17. The van der Waals surface area contributed by atoms with Gasteiger partial charge in [0, 0.05) is 30.6 Å². The Kier molecular flexibility index (Phi) is 7.12. The smallest absolute Gasteiger partial charge is 0.251 e. The van der Waals surface area contributed by atoms with Crippen molar-refractivity contribution in [3.63, 3.8) is 0 Å². The minimum atomic E-state index is -0.306. The van der Waals surface area contributed by atoms with Gasteiger partial charge >= 0.3 is 0 Å². The lowest BCUT2D eigenvalue weighted by molar-refractivity contribution is -0.128. The Morgan fingerprint density at radius 2 is 1.97 bits per heavy atom. The molecule has 1 heterocycles. The maximum Gasteiger partial charge on any atom is 0.251 e. The largest absolute Gasteiger partial charge is 0.493 e. The summed E-state index contributed by atoms with van der Waals surface area (Å²) >= 11 is 0. The fourth-order valence-corrected chi connectivity index (χ4v) is 3.71. The lowest BCUT2D eigenvalue weighted by atomic mass is 10.0. The number of hydrogen-bond acceptors (Lipinski definition) is 4. The van der Waals surface area contributed by atoms with E-state index >= 15 is 0 Å². The average molecular weight is 408 g/mol. The van der Waals surface area contributed by atoms with Crippen LogP contribution in [0.25, 0.3) is 6.08 Å². The molecule has 0 unspecified atom stereocenters. The first-order valence-electron chi connectivity index (χ1n) is 10.1. The molecule has 0 saturated carbocycles. The van der Waals surface area contributed by atoms with E-state index in [0.29, 0.717) is 30.0 Å². The molecule has 1 saturated heterocycles. The van der Waals surface area contributed by atoms with Gasteiger partial charge in [-0.25, -0.2) is 0 Å². The van der Waals surface area contributed by atoms with Gasteiger partial charge in [-0.05, 0) is 31.0 Å². The van der Waals surface area contributed by atoms with E-state index in [1.165, 1.54) is 0 Å². The summed E-state index contributed by atoms with van der Waals surface area (Å²) < 4.78 is 10.9. The molecule has 2 aromatic rings. The lowest BCUT2D eigenvalue weighted by Crippen LogP contribution is -2.38. The number of nitrogens with zero attached hydrogens (tertiary/aromatic N) is 1. The van der Waals surface area contributed by atoms with E-state index < -0.39 is 0 Å². The molecule has 6 heteroatoms. The second-order valence-corrected chi connectivity index (χ2v) is 7.18. The number of carbonyl (C=O) groups excluding carboxylic acids is 2. The first-order chi connectivity index (χ1) is 14.6. The number of methoxy groups -OCH3 is 2. The summed E-state index contributed by atoms with van der Waals surface area (Å²) in [5.74, 6) is 0.965. The van der Waals surface area contributed by atoms with Gasteiger partial charge in [-0.15, -0.1) is 0 Å². The minimum Gasteiger partial charge on any atom is -0.493 e. The van der Waals surface area contributed by atoms with Crippen molar-refractivity contribution in [1.29, 1.82) is 0 Å². The number of benzene rings is 2. The van der Waals surface area contributed by atoms with E-state index in [1.54, 1.807) is 26.4 Å². The van der Waals surface area contributed by atoms with Crippen LogP contribution in [0.15, 0.2) is 48.5 Å². The summed E-state index contributed by atoms with van der Waals surface area (Å²) in [6.45, 7) is 3.07. The van der Waals surface area contributed by atoms with Gasteiger partial charge in [0.1, 0.15) is 0 Å². The van der Waals surface area contributed by atoms with Gasteiger partial charge in [0.2, 0.25) is 5.91 Å². The molecular formula is C24H28N2O4. The normalized spacial score (nSPS) is 14.8. The van der Waals surface area contributed by atoms with Gasteiger partial charge in [0.25, 0.3) is 5.91 Å². The predicted molar refractivity (Wildman–Crippen MR) is 117 cm³/mol. The lowest BCUT2D eigenvalue weighted by Gasteiger charge is -2.25. The van der Waals surface area contributed by atoms with E-state index in [1.807, 2.05) is 54.3 Å². The number of hydrogen-bond donors (Lipinski definition) is 1. The van der Waals surface area contributed by atoms with E-state index in [4.69, 9.17) is 9.47 Å². The molecule has 0 bridgehead atoms. The monoisotopic (exact) mass is 408 g/mol. The van der Waals surface area contributed by atoms with Crippen molar-refractivity contribution in [2.45, 2.75) is 25.8 Å². The Balaban J connectivity index is 1.90. The van der Waals surface area contributed by atoms with E-state index in [9.17, 15) is 9.59 Å². The van der Waals surface area contributed by atoms with Crippen LogP contribution in [-0.4, -0.2) is 44.0 Å². The van der Waals surface area contributed by atoms with Crippen LogP contribution in [0.5, 0.6) is 11.5 Å². The summed E-state index contributed by atoms with van der Waals surface area (Å²) in [4.78, 5) is 27.1. The van der Waals surface area contributed by atoms with Crippen LogP contribution in [-0.2, 0) is 4.79 Å². The number of nitrogens with one attached hydrogen (secondary N) is 1. The quantitative estimate of drug-likeness (QED) is 0.721. The molecule has 158 valence electrons. The maximum atomic E-state index is 13.2. The van der Waals surface area contributed by atoms with Crippen LogP contribution in [0, 0.1) is 0 Å². The highest BCUT2D eigenvalue weighted by atomic mass is 16.5. The van der Waals surface area contributed by atoms with Crippen LogP contribution in [0.2, 0.25) is 0 Å². The molecule has 2 amide bonds. The van der Waals surface area contributed by atoms with Crippen LogP contribution < -0.4 is 14.8 Å². The zero-order chi connectivity index (χ0) is 21.5. The van der Waals surface area contributed by atoms with Gasteiger partial charge in [-0.1, -0.05) is 42.5 Å². The third-order valence-electron chi connectivity index (χ3n) is 5.20. The highest BCUT2D eigenvalue weighted by molar-refractivity contribution is 5.96. The van der Waals surface area contributed by atoms with E-state index in [2.05, 4.69) is 5.32 Å². The molecule has 1 fully saturated rings. The summed E-state index contributed by atoms with van der Waals surface area (Å²) in [6.07, 6.45) is 5.18. The first-order valence-corrected chi connectivity index (χ1v) is 10.1. The molecule has 0 radical (unpaired) electrons. The van der Waals surface area contributed by atoms with Gasteiger partial charge in [0.05, 0.1) is 20.3 Å². The number of carbonyl (C=O) groups is 2. The topological polar surface area (TPSA) is 67.9 Å². The van der Waals surface area contributed by atoms with Gasteiger partial charge in [-0.3, -0.25) is 9.59 Å². The van der Waals surface area contributed by atoms with Crippen LogP contribution >= 0.6 is 0 Å². The molecule has 30 heavy (non-hydrogen) atoms. The van der Waals surface area contributed by atoms with Crippen molar-refractivity contribution in [3.05, 3.63) is 65.2 Å². The van der Waals surface area contributed by atoms with Crippen LogP contribution in [0.1, 0.15) is 47.3 Å². The highest BCUT2D eigenvalue weighted by Gasteiger charge is 2.26. The Morgan fingerprint density at radius 3 is 2.57 bits per heavy atom. The second-order valence-electron chi connectivity index (χ2n) is 7.18. The van der Waals surface area contributed by atoms with Crippen molar-refractivity contribution in [3.8, 4) is 11.5 Å². The molecule has 0 aromatic heterocycles. The van der Waals surface area contributed by atoms with Gasteiger partial charge in [-0.2, -0.15) is 0 Å². The van der Waals surface area contributed by atoms with E-state index in [0.717, 1.165) is 24.1 Å². The zero-order valence-electron chi connectivity index (χ0n) is 17.7. The molecular weight excluding hydrogens is 380 g/mol. The fourth-order valence-electron chi connectivity index (χ4n) is 3.71. The zero-order valence-corrected chi connectivity index (χ0v) is 17.7. The van der Waals surface area contributed by atoms with Crippen molar-refractivity contribution in [2.75, 3.05) is 27.3 Å². The molecule has 0 aliphatic carbocycles. The van der Waals surface area contributed by atoms with Gasteiger partial charge < -0.3 is 19.7 Å².